The van der Waals surface area contributed by atoms with Gasteiger partial charge in [0, 0.05) is 25.8 Å². The van der Waals surface area contributed by atoms with E-state index in [4.69, 9.17) is 4.74 Å². The molecule has 2 aliphatic rings. The molecule has 130 valence electrons. The summed E-state index contributed by atoms with van der Waals surface area (Å²) in [6.07, 6.45) is 8.03. The zero-order chi connectivity index (χ0) is 17.2. The van der Waals surface area contributed by atoms with Crippen molar-refractivity contribution in [2.24, 2.45) is 0 Å². The van der Waals surface area contributed by atoms with Crippen molar-refractivity contribution >= 4 is 11.7 Å². The Morgan fingerprint density at radius 1 is 1.38 bits per heavy atom. The molecule has 1 aromatic rings. The van der Waals surface area contributed by atoms with E-state index in [1.54, 1.807) is 12.3 Å². The van der Waals surface area contributed by atoms with Gasteiger partial charge in [-0.25, -0.2) is 4.98 Å². The quantitative estimate of drug-likeness (QED) is 0.863. The van der Waals surface area contributed by atoms with Gasteiger partial charge in [0.2, 0.25) is 0 Å². The minimum Gasteiger partial charge on any atom is -0.365 e. The maximum atomic E-state index is 12.0. The van der Waals surface area contributed by atoms with Crippen molar-refractivity contribution in [2.75, 3.05) is 24.5 Å². The average molecular weight is 329 g/mol. The lowest BCUT2D eigenvalue weighted by Gasteiger charge is -2.49. The third-order valence-electron chi connectivity index (χ3n) is 4.80. The minimum atomic E-state index is -0.190. The average Bonchev–Trinajstić information content (AvgIpc) is 2.98. The maximum Gasteiger partial charge on any atom is 0.253 e. The van der Waals surface area contributed by atoms with Gasteiger partial charge in [-0.2, -0.15) is 0 Å². The second-order valence-electron chi connectivity index (χ2n) is 7.51. The molecule has 1 aromatic heterocycles. The molecule has 1 aliphatic carbocycles. The van der Waals surface area contributed by atoms with Crippen LogP contribution in [0.15, 0.2) is 31.0 Å². The van der Waals surface area contributed by atoms with Crippen LogP contribution < -0.4 is 10.2 Å². The Bertz CT molecular complexity index is 604. The van der Waals surface area contributed by atoms with Crippen molar-refractivity contribution in [3.63, 3.8) is 0 Å². The lowest BCUT2D eigenvalue weighted by molar-refractivity contribution is -0.148. The van der Waals surface area contributed by atoms with Crippen LogP contribution in [-0.4, -0.2) is 41.7 Å². The first-order valence-corrected chi connectivity index (χ1v) is 8.73. The number of amides is 1. The van der Waals surface area contributed by atoms with Crippen molar-refractivity contribution < 1.29 is 9.53 Å². The number of hydrogen-bond acceptors (Lipinski definition) is 4. The lowest BCUT2D eigenvalue weighted by Crippen LogP contribution is -2.59. The van der Waals surface area contributed by atoms with Gasteiger partial charge in [0.25, 0.3) is 5.91 Å². The maximum absolute atomic E-state index is 12.0. The SMILES string of the molecule is C=CCNC(=O)c1ccc(N2CC(C)(C)OC3(CCCC3)C2)nc1. The van der Waals surface area contributed by atoms with Crippen LogP contribution in [0.1, 0.15) is 49.9 Å². The second kappa shape index (κ2) is 6.55. The van der Waals surface area contributed by atoms with E-state index in [-0.39, 0.29) is 17.1 Å². The first kappa shape index (κ1) is 17.0. The topological polar surface area (TPSA) is 54.5 Å². The number of morpholine rings is 1. The largest absolute Gasteiger partial charge is 0.365 e. The highest BCUT2D eigenvalue weighted by molar-refractivity contribution is 5.94. The molecule has 1 amide bonds. The number of aromatic nitrogens is 1. The van der Waals surface area contributed by atoms with Crippen LogP contribution in [0.25, 0.3) is 0 Å². The first-order chi connectivity index (χ1) is 11.4. The summed E-state index contributed by atoms with van der Waals surface area (Å²) in [4.78, 5) is 18.8. The lowest BCUT2D eigenvalue weighted by atomic mass is 9.94. The Hall–Kier alpha value is -1.88. The Balaban J connectivity index is 1.75. The fraction of sp³-hybridized carbons (Fsp3) is 0.579. The van der Waals surface area contributed by atoms with Gasteiger partial charge in [-0.05, 0) is 38.8 Å². The Morgan fingerprint density at radius 3 is 2.75 bits per heavy atom. The second-order valence-corrected chi connectivity index (χ2v) is 7.51. The molecule has 5 heteroatoms. The van der Waals surface area contributed by atoms with Crippen molar-refractivity contribution in [2.45, 2.75) is 50.7 Å². The van der Waals surface area contributed by atoms with E-state index in [2.05, 4.69) is 35.6 Å². The molecule has 1 spiro atoms. The van der Waals surface area contributed by atoms with E-state index in [0.29, 0.717) is 12.1 Å². The van der Waals surface area contributed by atoms with Crippen LogP contribution in [0.4, 0.5) is 5.82 Å². The van der Waals surface area contributed by atoms with E-state index in [1.807, 2.05) is 12.1 Å². The number of carbonyl (C=O) groups excluding carboxylic acids is 1. The summed E-state index contributed by atoms with van der Waals surface area (Å²) in [7, 11) is 0. The Labute approximate surface area is 144 Å². The van der Waals surface area contributed by atoms with Crippen LogP contribution >= 0.6 is 0 Å². The number of pyridine rings is 1. The molecular formula is C19H27N3O2. The predicted molar refractivity (Wildman–Crippen MR) is 95.3 cm³/mol. The molecule has 0 radical (unpaired) electrons. The first-order valence-electron chi connectivity index (χ1n) is 8.73. The number of nitrogens with zero attached hydrogens (tertiary/aromatic N) is 2. The molecule has 0 atom stereocenters. The van der Waals surface area contributed by atoms with E-state index in [0.717, 1.165) is 31.7 Å². The number of anilines is 1. The molecule has 3 rings (SSSR count). The van der Waals surface area contributed by atoms with Crippen molar-refractivity contribution in [1.82, 2.24) is 10.3 Å². The van der Waals surface area contributed by atoms with E-state index >= 15 is 0 Å². The smallest absolute Gasteiger partial charge is 0.253 e. The molecule has 1 saturated heterocycles. The molecule has 24 heavy (non-hydrogen) atoms. The van der Waals surface area contributed by atoms with E-state index in [1.165, 1.54) is 12.8 Å². The monoisotopic (exact) mass is 329 g/mol. The molecule has 5 nitrogen and oxygen atoms in total. The molecular weight excluding hydrogens is 302 g/mol. The molecule has 1 N–H and O–H groups in total. The fourth-order valence-corrected chi connectivity index (χ4v) is 3.93. The van der Waals surface area contributed by atoms with Crippen LogP contribution in [-0.2, 0) is 4.74 Å². The highest BCUT2D eigenvalue weighted by Crippen LogP contribution is 2.41. The number of hydrogen-bond donors (Lipinski definition) is 1. The molecule has 0 unspecified atom stereocenters. The van der Waals surface area contributed by atoms with Gasteiger partial charge >= 0.3 is 0 Å². The summed E-state index contributed by atoms with van der Waals surface area (Å²) >= 11 is 0. The summed E-state index contributed by atoms with van der Waals surface area (Å²) in [6.45, 7) is 10.0. The van der Waals surface area contributed by atoms with Crippen LogP contribution in [0.5, 0.6) is 0 Å². The van der Waals surface area contributed by atoms with Gasteiger partial charge in [-0.15, -0.1) is 6.58 Å². The zero-order valence-corrected chi connectivity index (χ0v) is 14.7. The normalized spacial score (nSPS) is 21.7. The summed E-state index contributed by atoms with van der Waals surface area (Å²) < 4.78 is 6.44. The van der Waals surface area contributed by atoms with E-state index < -0.39 is 0 Å². The highest BCUT2D eigenvalue weighted by atomic mass is 16.5. The summed E-state index contributed by atoms with van der Waals surface area (Å²) in [6, 6.07) is 3.78. The van der Waals surface area contributed by atoms with Gasteiger partial charge in [-0.3, -0.25) is 4.79 Å². The number of carbonyl (C=O) groups is 1. The van der Waals surface area contributed by atoms with Gasteiger partial charge in [-0.1, -0.05) is 18.9 Å². The number of nitrogens with one attached hydrogen (secondary N) is 1. The Morgan fingerprint density at radius 2 is 2.12 bits per heavy atom. The van der Waals surface area contributed by atoms with Gasteiger partial charge < -0.3 is 15.0 Å². The Kier molecular flexibility index (Phi) is 4.63. The molecule has 2 fully saturated rings. The van der Waals surface area contributed by atoms with Gasteiger partial charge in [0.1, 0.15) is 5.82 Å². The van der Waals surface area contributed by atoms with Crippen molar-refractivity contribution in [1.29, 1.82) is 0 Å². The fourth-order valence-electron chi connectivity index (χ4n) is 3.93. The molecule has 0 bridgehead atoms. The zero-order valence-electron chi connectivity index (χ0n) is 14.7. The molecule has 1 saturated carbocycles. The number of ether oxygens (including phenoxy) is 1. The van der Waals surface area contributed by atoms with Crippen molar-refractivity contribution in [3.8, 4) is 0 Å². The highest BCUT2D eigenvalue weighted by Gasteiger charge is 2.46. The van der Waals surface area contributed by atoms with Crippen LogP contribution in [0.2, 0.25) is 0 Å². The van der Waals surface area contributed by atoms with Gasteiger partial charge in [0.05, 0.1) is 16.8 Å². The standard InChI is InChI=1S/C19H27N3O2/c1-4-11-20-17(23)15-7-8-16(21-12-15)22-13-18(2,3)24-19(14-22)9-5-6-10-19/h4,7-8,12H,1,5-6,9-11,13-14H2,2-3H3,(H,20,23). The molecule has 1 aliphatic heterocycles. The summed E-state index contributed by atoms with van der Waals surface area (Å²) in [5.74, 6) is 0.793. The molecule has 0 aromatic carbocycles. The summed E-state index contributed by atoms with van der Waals surface area (Å²) in [5, 5.41) is 2.77. The molecule has 2 heterocycles. The van der Waals surface area contributed by atoms with Crippen LogP contribution in [0, 0.1) is 0 Å². The third-order valence-corrected chi connectivity index (χ3v) is 4.80. The summed E-state index contributed by atoms with van der Waals surface area (Å²) in [5.41, 5.74) is 0.344. The van der Waals surface area contributed by atoms with Crippen LogP contribution in [0.3, 0.4) is 0 Å². The predicted octanol–water partition coefficient (Wildman–Crippen LogP) is 2.93. The minimum absolute atomic E-state index is 0.0383. The van der Waals surface area contributed by atoms with Gasteiger partial charge in [0.15, 0.2) is 0 Å². The third kappa shape index (κ3) is 3.61. The van der Waals surface area contributed by atoms with Crippen molar-refractivity contribution in [3.05, 3.63) is 36.5 Å². The van der Waals surface area contributed by atoms with E-state index in [9.17, 15) is 4.79 Å². The number of rotatable bonds is 4.